The van der Waals surface area contributed by atoms with Crippen LogP contribution in [0.4, 0.5) is 4.79 Å². The number of aliphatic hydroxyl groups excluding tert-OH is 2. The fraction of sp³-hybridized carbons (Fsp3) is 0.807. The molecule has 1 aromatic carbocycles. The van der Waals surface area contributed by atoms with Crippen molar-refractivity contribution in [2.75, 3.05) is 34.5 Å². The van der Waals surface area contributed by atoms with Gasteiger partial charge >= 0.3 is 18.0 Å². The number of carbonyl (C=O) groups excluding carboxylic acids is 4. The molecule has 1 amide bonds. The van der Waals surface area contributed by atoms with Gasteiger partial charge in [0.25, 0.3) is 0 Å². The van der Waals surface area contributed by atoms with E-state index in [1.807, 2.05) is 78.8 Å². The van der Waals surface area contributed by atoms with Gasteiger partial charge in [0.05, 0.1) is 54.7 Å². The third kappa shape index (κ3) is 17.1. The minimum Gasteiger partial charge on any atom is -0.461 e. The number of alkyl carbamates (subject to hydrolysis) is 1. The standard InChI is InChI=1S/C57H93N3O18/c1-29(2)22-42(61)74-48-36(9)47(31(4)28-70-55-51(68-15)50(67-14)44(62)39(12)73-55)76-53(65)38(11)49(75-43-23-32(5)58-26-34(7)71-43)35(8)46(77-54-45(63)41(60-69-16)24-33(6)72-54)30(3)25-57(13,52(64)37(48)10)78-56(66)59-27-40-20-18-17-19-21-40/h17-21,29-39,43-51,54-55,58,62-63H,22-28H2,1-16H3,(H,59,66)/t30-,31-,32+,33+,34-,35+,36-,37+,38+,39+,43-,44+,45+,46-,47+,48+,49-,50+,51+,54-,55+,57-/m0/s1. The number of carbonyl (C=O) groups is 4. The molecule has 4 saturated heterocycles. The topological polar surface area (TPSA) is 256 Å². The lowest BCUT2D eigenvalue weighted by Gasteiger charge is -2.45. The molecule has 0 radical (unpaired) electrons. The number of hydrogen-bond donors (Lipinski definition) is 4. The van der Waals surface area contributed by atoms with E-state index in [9.17, 15) is 19.8 Å². The molecule has 22 atom stereocenters. The molecule has 0 aromatic heterocycles. The van der Waals surface area contributed by atoms with Crippen LogP contribution in [0, 0.1) is 41.4 Å². The minimum absolute atomic E-state index is 0.00946. The lowest BCUT2D eigenvalue weighted by atomic mass is 9.74. The van der Waals surface area contributed by atoms with Crippen LogP contribution >= 0.6 is 0 Å². The average Bonchev–Trinajstić information content (AvgIpc) is 3.59. The Kier molecular flexibility index (Phi) is 24.8. The molecule has 1 aromatic rings. The van der Waals surface area contributed by atoms with Crippen molar-refractivity contribution in [3.63, 3.8) is 0 Å². The van der Waals surface area contributed by atoms with E-state index < -0.39 is 145 Å². The molecule has 21 heteroatoms. The molecule has 4 fully saturated rings. The number of oxime groups is 1. The highest BCUT2D eigenvalue weighted by Crippen LogP contribution is 2.40. The van der Waals surface area contributed by atoms with Gasteiger partial charge in [0.15, 0.2) is 30.3 Å². The summed E-state index contributed by atoms with van der Waals surface area (Å²) >= 11 is 0. The van der Waals surface area contributed by atoms with Crippen molar-refractivity contribution in [1.29, 1.82) is 0 Å². The average molecular weight is 1110 g/mol. The highest BCUT2D eigenvalue weighted by Gasteiger charge is 2.52. The summed E-state index contributed by atoms with van der Waals surface area (Å²) in [6, 6.07) is 9.19. The number of Topliss-reactive ketones (excluding diaryl/α,β-unsaturated/α-hetero) is 1. The van der Waals surface area contributed by atoms with Crippen molar-refractivity contribution in [2.45, 2.75) is 220 Å². The van der Waals surface area contributed by atoms with Crippen LogP contribution in [0.25, 0.3) is 0 Å². The quantitative estimate of drug-likeness (QED) is 0.0809. The first kappa shape index (κ1) is 64.9. The number of cyclic esters (lactones) is 1. The van der Waals surface area contributed by atoms with Gasteiger partial charge in [0.1, 0.15) is 43.7 Å². The Balaban J connectivity index is 1.69. The van der Waals surface area contributed by atoms with E-state index in [1.54, 1.807) is 34.6 Å². The second-order valence-corrected chi connectivity index (χ2v) is 23.0. The molecule has 4 aliphatic rings. The maximum absolute atomic E-state index is 15.8. The van der Waals surface area contributed by atoms with Gasteiger partial charge in [0, 0.05) is 70.4 Å². The van der Waals surface area contributed by atoms with Crippen LogP contribution in [0.1, 0.15) is 121 Å². The Morgan fingerprint density at radius 1 is 0.821 bits per heavy atom. The van der Waals surface area contributed by atoms with Gasteiger partial charge in [-0.25, -0.2) is 4.79 Å². The van der Waals surface area contributed by atoms with Crippen LogP contribution in [-0.4, -0.2) is 172 Å². The first-order valence-corrected chi connectivity index (χ1v) is 27.9. The number of nitrogens with one attached hydrogen (secondary N) is 2. The van der Waals surface area contributed by atoms with Crippen LogP contribution in [0.3, 0.4) is 0 Å². The number of methoxy groups -OCH3 is 2. The Morgan fingerprint density at radius 2 is 1.50 bits per heavy atom. The smallest absolute Gasteiger partial charge is 0.408 e. The predicted octanol–water partition coefficient (Wildman–Crippen LogP) is 5.86. The van der Waals surface area contributed by atoms with Gasteiger partial charge in [-0.2, -0.15) is 0 Å². The molecule has 0 bridgehead atoms. The maximum Gasteiger partial charge on any atom is 0.408 e. The largest absolute Gasteiger partial charge is 0.461 e. The number of nitrogens with zero attached hydrogens (tertiary/aromatic N) is 1. The molecule has 0 unspecified atom stereocenters. The van der Waals surface area contributed by atoms with E-state index in [4.69, 9.17) is 56.9 Å². The number of amides is 1. The van der Waals surface area contributed by atoms with E-state index >= 15 is 9.59 Å². The number of ketones is 1. The minimum atomic E-state index is -1.95. The molecule has 5 rings (SSSR count). The van der Waals surface area contributed by atoms with Crippen LogP contribution in [-0.2, 0) is 77.9 Å². The number of esters is 2. The summed E-state index contributed by atoms with van der Waals surface area (Å²) in [4.78, 5) is 64.4. The zero-order valence-corrected chi connectivity index (χ0v) is 48.9. The van der Waals surface area contributed by atoms with Gasteiger partial charge in [-0.15, -0.1) is 0 Å². The molecular weight excluding hydrogens is 1010 g/mol. The monoisotopic (exact) mass is 1110 g/mol. The lowest BCUT2D eigenvalue weighted by Crippen LogP contribution is -2.59. The Labute approximate surface area is 462 Å². The first-order chi connectivity index (χ1) is 36.8. The lowest BCUT2D eigenvalue weighted by molar-refractivity contribution is -0.305. The van der Waals surface area contributed by atoms with Crippen LogP contribution < -0.4 is 10.6 Å². The molecular formula is C57H93N3O18. The van der Waals surface area contributed by atoms with E-state index in [0.29, 0.717) is 13.0 Å². The van der Waals surface area contributed by atoms with Crippen molar-refractivity contribution in [2.24, 2.45) is 46.6 Å². The molecule has 0 spiro atoms. The summed E-state index contributed by atoms with van der Waals surface area (Å²) < 4.78 is 70.1. The number of aliphatic hydroxyl groups is 2. The zero-order valence-electron chi connectivity index (χ0n) is 48.9. The summed E-state index contributed by atoms with van der Waals surface area (Å²) in [5, 5.41) is 33.1. The summed E-state index contributed by atoms with van der Waals surface area (Å²) in [5.74, 6) is -7.37. The third-order valence-corrected chi connectivity index (χ3v) is 15.7. The van der Waals surface area contributed by atoms with Crippen molar-refractivity contribution >= 4 is 29.5 Å². The SMILES string of the molecule is CON=C1C[C@@H](C)O[C@@H](O[C@@H]2[C@@H](C)[C@H](O[C@H]3C[C@@H](C)NC[C@H](C)O3)[C@@H](C)C(=O)O[C@H]([C@@H](C)CO[C@@H]3O[C@H](C)[C@@H](O)[C@@H](OC)[C@H]3OC)[C@H](C)[C@@H](OC(=O)CC(C)C)[C@@H](C)C(=O)[C@@](C)(OC(=O)NCc3ccccc3)C[C@@H]2C)[C@@H]1O. The fourth-order valence-electron chi connectivity index (χ4n) is 11.5. The number of hydrogen-bond acceptors (Lipinski definition) is 20. The van der Waals surface area contributed by atoms with Gasteiger partial charge in [-0.3, -0.25) is 14.4 Å². The Bertz CT molecular complexity index is 2070. The molecule has 0 aliphatic carbocycles. The highest BCUT2D eigenvalue weighted by molar-refractivity contribution is 5.91. The van der Waals surface area contributed by atoms with Crippen molar-refractivity contribution in [1.82, 2.24) is 10.6 Å². The normalized spacial score (nSPS) is 39.6. The fourth-order valence-corrected chi connectivity index (χ4v) is 11.5. The molecule has 4 heterocycles. The third-order valence-electron chi connectivity index (χ3n) is 15.7. The second kappa shape index (κ2) is 29.7. The summed E-state index contributed by atoms with van der Waals surface area (Å²) in [7, 11) is 4.29. The maximum atomic E-state index is 15.8. The summed E-state index contributed by atoms with van der Waals surface area (Å²) in [5.41, 5.74) is -0.874. The Morgan fingerprint density at radius 3 is 2.14 bits per heavy atom. The van der Waals surface area contributed by atoms with E-state index in [-0.39, 0.29) is 56.2 Å². The van der Waals surface area contributed by atoms with Gasteiger partial charge < -0.3 is 77.8 Å². The molecule has 78 heavy (non-hydrogen) atoms. The zero-order chi connectivity index (χ0) is 57.8. The van der Waals surface area contributed by atoms with Crippen molar-refractivity contribution < 1.29 is 86.3 Å². The van der Waals surface area contributed by atoms with E-state index in [0.717, 1.165) is 5.56 Å². The number of ether oxygens (including phenoxy) is 11. The summed E-state index contributed by atoms with van der Waals surface area (Å²) in [6.07, 6.45) is -13.5. The van der Waals surface area contributed by atoms with Crippen molar-refractivity contribution in [3.8, 4) is 0 Å². The van der Waals surface area contributed by atoms with E-state index in [2.05, 4.69) is 15.8 Å². The van der Waals surface area contributed by atoms with Crippen LogP contribution in [0.5, 0.6) is 0 Å². The molecule has 0 saturated carbocycles. The number of benzene rings is 1. The summed E-state index contributed by atoms with van der Waals surface area (Å²) in [6.45, 7) is 23.8. The highest BCUT2D eigenvalue weighted by atomic mass is 16.7. The van der Waals surface area contributed by atoms with Crippen LogP contribution in [0.15, 0.2) is 35.5 Å². The van der Waals surface area contributed by atoms with Crippen molar-refractivity contribution in [3.05, 3.63) is 35.9 Å². The van der Waals surface area contributed by atoms with Gasteiger partial charge in [-0.1, -0.05) is 84.0 Å². The molecule has 4 aliphatic heterocycles. The first-order valence-electron chi connectivity index (χ1n) is 27.9. The molecule has 4 N–H and O–H groups in total. The van der Waals surface area contributed by atoms with E-state index in [1.165, 1.54) is 28.3 Å². The molecule has 21 nitrogen and oxygen atoms in total. The number of rotatable bonds is 17. The van der Waals surface area contributed by atoms with Gasteiger partial charge in [-0.05, 0) is 65.4 Å². The predicted molar refractivity (Wildman–Crippen MR) is 285 cm³/mol. The Hall–Kier alpha value is -3.87. The van der Waals surface area contributed by atoms with Gasteiger partial charge in [0.2, 0.25) is 0 Å². The molecule has 444 valence electrons. The second-order valence-electron chi connectivity index (χ2n) is 23.0. The van der Waals surface area contributed by atoms with Crippen LogP contribution in [0.2, 0.25) is 0 Å².